The zero-order chi connectivity index (χ0) is 36.7. The summed E-state index contributed by atoms with van der Waals surface area (Å²) in [6, 6.07) is 12.9. The van der Waals surface area contributed by atoms with Crippen LogP contribution in [0.4, 0.5) is 0 Å². The van der Waals surface area contributed by atoms with Gasteiger partial charge in [-0.15, -0.1) is 0 Å². The van der Waals surface area contributed by atoms with Gasteiger partial charge in [-0.25, -0.2) is 0 Å². The first kappa shape index (κ1) is 37.4. The Kier molecular flexibility index (Phi) is 12.2. The maximum atomic E-state index is 15.2. The summed E-state index contributed by atoms with van der Waals surface area (Å²) in [5.41, 5.74) is 1.36. The SMILES string of the molecule is COc1cc(-c2c([Se](=O)c3ccc(OC)c(OC(C)=O)c3-c3cc(OC)c(OC)c(OC)c3)ccc(OC)c2OC(C)=O)cc(OC)c1OC. The average molecular weight is 758 g/mol. The fourth-order valence-corrected chi connectivity index (χ4v) is 8.29. The summed E-state index contributed by atoms with van der Waals surface area (Å²) in [5, 5.41) is 0. The first-order valence-corrected chi connectivity index (χ1v) is 17.2. The fraction of sp³-hybridized carbons (Fsp3) is 0.278. The first-order valence-electron chi connectivity index (χ1n) is 14.8. The van der Waals surface area contributed by atoms with E-state index in [9.17, 15) is 9.59 Å². The van der Waals surface area contributed by atoms with E-state index in [2.05, 4.69) is 0 Å². The summed E-state index contributed by atoms with van der Waals surface area (Å²) in [6.45, 7) is 2.49. The molecule has 0 unspecified atom stereocenters. The second kappa shape index (κ2) is 16.3. The van der Waals surface area contributed by atoms with Crippen molar-refractivity contribution >= 4 is 34.7 Å². The Morgan fingerprint density at radius 2 is 0.740 bits per heavy atom. The van der Waals surface area contributed by atoms with Crippen molar-refractivity contribution in [2.75, 3.05) is 56.9 Å². The Balaban J connectivity index is 2.18. The van der Waals surface area contributed by atoms with Crippen LogP contribution in [0.2, 0.25) is 0 Å². The van der Waals surface area contributed by atoms with Gasteiger partial charge in [0.2, 0.25) is 0 Å². The van der Waals surface area contributed by atoms with E-state index in [0.29, 0.717) is 45.6 Å². The van der Waals surface area contributed by atoms with Crippen molar-refractivity contribution in [1.82, 2.24) is 0 Å². The van der Waals surface area contributed by atoms with Crippen LogP contribution in [0.3, 0.4) is 0 Å². The van der Waals surface area contributed by atoms with Crippen LogP contribution in [0.1, 0.15) is 13.8 Å². The molecule has 0 amide bonds. The molecular weight excluding hydrogens is 719 g/mol. The van der Waals surface area contributed by atoms with E-state index >= 15 is 3.83 Å². The molecule has 0 heterocycles. The number of hydrogen-bond acceptors (Lipinski definition) is 13. The zero-order valence-electron chi connectivity index (χ0n) is 29.3. The van der Waals surface area contributed by atoms with Crippen LogP contribution in [0.15, 0.2) is 48.5 Å². The first-order chi connectivity index (χ1) is 24.0. The molecule has 14 heteroatoms. The Morgan fingerprint density at radius 1 is 0.440 bits per heavy atom. The Morgan fingerprint density at radius 3 is 0.980 bits per heavy atom. The van der Waals surface area contributed by atoms with Gasteiger partial charge in [-0.05, 0) is 0 Å². The maximum absolute atomic E-state index is 15.2. The summed E-state index contributed by atoms with van der Waals surface area (Å²) in [5.74, 6) is 0.969. The zero-order valence-corrected chi connectivity index (χ0v) is 31.0. The second-order valence-electron chi connectivity index (χ2n) is 10.2. The van der Waals surface area contributed by atoms with E-state index in [-0.39, 0.29) is 43.0 Å². The second-order valence-corrected chi connectivity index (χ2v) is 13.2. The number of rotatable bonds is 14. The normalized spacial score (nSPS) is 10.6. The molecular formula is C36H38O13Se. The van der Waals surface area contributed by atoms with Gasteiger partial charge in [0.15, 0.2) is 0 Å². The third-order valence-corrected chi connectivity index (χ3v) is 10.5. The van der Waals surface area contributed by atoms with Gasteiger partial charge in [-0.2, -0.15) is 0 Å². The van der Waals surface area contributed by atoms with E-state index in [0.717, 1.165) is 0 Å². The Bertz CT molecular complexity index is 1750. The predicted octanol–water partition coefficient (Wildman–Crippen LogP) is 4.48. The van der Waals surface area contributed by atoms with Gasteiger partial charge < -0.3 is 0 Å². The molecule has 0 aliphatic rings. The topological polar surface area (TPSA) is 144 Å². The van der Waals surface area contributed by atoms with Crippen molar-refractivity contribution in [3.63, 3.8) is 0 Å². The molecule has 0 aromatic heterocycles. The number of carbonyl (C=O) groups is 2. The molecule has 0 N–H and O–H groups in total. The third kappa shape index (κ3) is 7.26. The number of esters is 2. The van der Waals surface area contributed by atoms with Crippen molar-refractivity contribution in [2.45, 2.75) is 13.8 Å². The standard InChI is InChI=1S/C36H38O13Se/c1-19(37)48-35-23(40-3)11-13-29(31(35)21-15-25(42-5)33(46-9)26(16-21)43-6)50(39)30-14-12-24(41-4)36(49-20(2)38)32(30)22-17-27(44-7)34(47-10)28(18-22)45-8/h11-18H,1-10H3. The number of carbonyl (C=O) groups excluding carboxylic acids is 2. The third-order valence-electron chi connectivity index (χ3n) is 7.40. The predicted molar refractivity (Wildman–Crippen MR) is 184 cm³/mol. The monoisotopic (exact) mass is 758 g/mol. The molecule has 0 fully saturated rings. The van der Waals surface area contributed by atoms with Gasteiger partial charge in [0.1, 0.15) is 0 Å². The summed E-state index contributed by atoms with van der Waals surface area (Å²) in [4.78, 5) is 25.0. The minimum absolute atomic E-state index is 0.0134. The molecule has 266 valence electrons. The van der Waals surface area contributed by atoms with Gasteiger partial charge >= 0.3 is 294 Å². The van der Waals surface area contributed by atoms with Crippen molar-refractivity contribution in [3.05, 3.63) is 48.5 Å². The van der Waals surface area contributed by atoms with Gasteiger partial charge in [-0.3, -0.25) is 0 Å². The van der Waals surface area contributed by atoms with E-state index in [1.807, 2.05) is 0 Å². The molecule has 0 bridgehead atoms. The van der Waals surface area contributed by atoms with Gasteiger partial charge in [-0.1, -0.05) is 0 Å². The Labute approximate surface area is 293 Å². The molecule has 0 saturated heterocycles. The summed E-state index contributed by atoms with van der Waals surface area (Å²) >= 11 is -3.46. The van der Waals surface area contributed by atoms with Crippen molar-refractivity contribution in [3.8, 4) is 79.7 Å². The molecule has 0 aliphatic heterocycles. The average Bonchev–Trinajstić information content (AvgIpc) is 3.12. The van der Waals surface area contributed by atoms with Crippen LogP contribution < -0.4 is 56.3 Å². The molecule has 0 radical (unpaired) electrons. The van der Waals surface area contributed by atoms with Crippen LogP contribution in [0.25, 0.3) is 22.3 Å². The molecule has 13 nitrogen and oxygen atoms in total. The fourth-order valence-electron chi connectivity index (χ4n) is 5.33. The van der Waals surface area contributed by atoms with E-state index in [4.69, 9.17) is 47.4 Å². The van der Waals surface area contributed by atoms with Crippen LogP contribution in [0.5, 0.6) is 57.5 Å². The summed E-state index contributed by atoms with van der Waals surface area (Å²) in [7, 11) is 11.6. The number of ether oxygens (including phenoxy) is 10. The molecule has 4 aromatic carbocycles. The summed E-state index contributed by atoms with van der Waals surface area (Å²) < 4.78 is 72.0. The molecule has 0 saturated carbocycles. The van der Waals surface area contributed by atoms with Crippen LogP contribution >= 0.6 is 0 Å². The van der Waals surface area contributed by atoms with Gasteiger partial charge in [0, 0.05) is 0 Å². The van der Waals surface area contributed by atoms with E-state index < -0.39 is 25.8 Å². The van der Waals surface area contributed by atoms with Crippen LogP contribution in [-0.4, -0.2) is 82.6 Å². The number of hydrogen-bond donors (Lipinski definition) is 0. The van der Waals surface area contributed by atoms with E-state index in [1.165, 1.54) is 70.7 Å². The quantitative estimate of drug-likeness (QED) is 0.101. The number of benzene rings is 4. The van der Waals surface area contributed by atoms with Gasteiger partial charge in [0.05, 0.1) is 0 Å². The molecule has 0 spiro atoms. The van der Waals surface area contributed by atoms with Gasteiger partial charge in [0.25, 0.3) is 0 Å². The molecule has 50 heavy (non-hydrogen) atoms. The van der Waals surface area contributed by atoms with Crippen molar-refractivity contribution < 1.29 is 60.8 Å². The van der Waals surface area contributed by atoms with Crippen LogP contribution in [0, 0.1) is 0 Å². The van der Waals surface area contributed by atoms with Crippen LogP contribution in [-0.2, 0) is 13.4 Å². The molecule has 4 rings (SSSR count). The molecule has 0 aliphatic carbocycles. The Hall–Kier alpha value is -5.46. The van der Waals surface area contributed by atoms with Crippen molar-refractivity contribution in [2.24, 2.45) is 0 Å². The number of methoxy groups -OCH3 is 8. The summed E-state index contributed by atoms with van der Waals surface area (Å²) in [6.07, 6.45) is 0. The molecule has 0 atom stereocenters. The molecule has 4 aromatic rings. The van der Waals surface area contributed by atoms with Crippen molar-refractivity contribution in [1.29, 1.82) is 0 Å². The van der Waals surface area contributed by atoms with E-state index in [1.54, 1.807) is 48.5 Å². The minimum atomic E-state index is -3.46.